The Morgan fingerprint density at radius 2 is 2.10 bits per heavy atom. The van der Waals surface area contributed by atoms with Gasteiger partial charge in [-0.3, -0.25) is 5.84 Å². The average Bonchev–Trinajstić information content (AvgIpc) is 2.44. The first kappa shape index (κ1) is 15.5. The number of hydrazine groups is 1. The molecule has 0 fully saturated rings. The van der Waals surface area contributed by atoms with E-state index < -0.39 is 0 Å². The van der Waals surface area contributed by atoms with Gasteiger partial charge >= 0.3 is 0 Å². The third-order valence-electron chi connectivity index (χ3n) is 2.80. The standard InChI is InChI=1S/C17H21N3/c1-4-6-15(9-10-18)17(12-20-19)14(3)16-8-5-7-13(2)11-16/h4-12,20H,1,3,18-19H2,2H3/b10-9-,15-6+,17-12+. The fourth-order valence-corrected chi connectivity index (χ4v) is 1.88. The normalized spacial score (nSPS) is 12.5. The Balaban J connectivity index is 3.27. The quantitative estimate of drug-likeness (QED) is 0.422. The van der Waals surface area contributed by atoms with Crippen molar-refractivity contribution in [3.63, 3.8) is 0 Å². The molecule has 1 aromatic carbocycles. The van der Waals surface area contributed by atoms with Gasteiger partial charge in [-0.1, -0.05) is 55.1 Å². The maximum Gasteiger partial charge on any atom is 0.0207 e. The van der Waals surface area contributed by atoms with E-state index in [-0.39, 0.29) is 0 Å². The first-order valence-corrected chi connectivity index (χ1v) is 6.28. The van der Waals surface area contributed by atoms with Crippen molar-refractivity contribution in [2.24, 2.45) is 11.6 Å². The lowest BCUT2D eigenvalue weighted by Gasteiger charge is -2.13. The molecule has 104 valence electrons. The summed E-state index contributed by atoms with van der Waals surface area (Å²) in [5, 5.41) is 0. The lowest BCUT2D eigenvalue weighted by Crippen LogP contribution is -2.15. The lowest BCUT2D eigenvalue weighted by atomic mass is 9.93. The zero-order chi connectivity index (χ0) is 15.0. The Labute approximate surface area is 120 Å². The zero-order valence-corrected chi connectivity index (χ0v) is 11.8. The van der Waals surface area contributed by atoms with Gasteiger partial charge in [0.2, 0.25) is 0 Å². The van der Waals surface area contributed by atoms with Crippen molar-refractivity contribution in [2.75, 3.05) is 0 Å². The molecule has 1 rings (SSSR count). The van der Waals surface area contributed by atoms with E-state index in [2.05, 4.69) is 24.7 Å². The predicted molar refractivity (Wildman–Crippen MR) is 87.2 cm³/mol. The van der Waals surface area contributed by atoms with Gasteiger partial charge in [0.25, 0.3) is 0 Å². The molecule has 0 spiro atoms. The van der Waals surface area contributed by atoms with Crippen molar-refractivity contribution in [2.45, 2.75) is 6.92 Å². The zero-order valence-electron chi connectivity index (χ0n) is 11.8. The van der Waals surface area contributed by atoms with Gasteiger partial charge in [0, 0.05) is 11.8 Å². The number of hydrogen-bond acceptors (Lipinski definition) is 3. The maximum atomic E-state index is 5.49. The average molecular weight is 267 g/mol. The number of rotatable bonds is 6. The summed E-state index contributed by atoms with van der Waals surface area (Å²) in [5.74, 6) is 5.43. The van der Waals surface area contributed by atoms with Gasteiger partial charge < -0.3 is 11.2 Å². The van der Waals surface area contributed by atoms with E-state index in [1.54, 1.807) is 18.4 Å². The number of nitrogens with one attached hydrogen (secondary N) is 1. The van der Waals surface area contributed by atoms with Gasteiger partial charge in [-0.25, -0.2) is 0 Å². The van der Waals surface area contributed by atoms with Crippen molar-refractivity contribution < 1.29 is 0 Å². The summed E-state index contributed by atoms with van der Waals surface area (Å²) in [6.07, 6.45) is 8.51. The predicted octanol–water partition coefficient (Wildman–Crippen LogP) is 2.94. The summed E-state index contributed by atoms with van der Waals surface area (Å²) in [7, 11) is 0. The molecular weight excluding hydrogens is 246 g/mol. The van der Waals surface area contributed by atoms with Crippen LogP contribution in [0.2, 0.25) is 0 Å². The van der Waals surface area contributed by atoms with Crippen molar-refractivity contribution >= 4 is 5.57 Å². The van der Waals surface area contributed by atoms with Crippen LogP contribution >= 0.6 is 0 Å². The van der Waals surface area contributed by atoms with Gasteiger partial charge in [-0.05, 0) is 35.9 Å². The summed E-state index contributed by atoms with van der Waals surface area (Å²) < 4.78 is 0. The molecule has 0 atom stereocenters. The van der Waals surface area contributed by atoms with Crippen LogP contribution in [0.25, 0.3) is 5.57 Å². The largest absolute Gasteiger partial charge is 0.405 e. The second kappa shape index (κ2) is 7.81. The third kappa shape index (κ3) is 4.00. The molecule has 0 radical (unpaired) electrons. The first-order chi connectivity index (χ1) is 9.63. The molecule has 0 bridgehead atoms. The number of allylic oxidation sites excluding steroid dienone is 6. The Hall–Kier alpha value is -2.52. The van der Waals surface area contributed by atoms with Crippen molar-refractivity contribution in [1.29, 1.82) is 0 Å². The summed E-state index contributed by atoms with van der Waals surface area (Å²) in [5.41, 5.74) is 12.9. The first-order valence-electron chi connectivity index (χ1n) is 6.28. The van der Waals surface area contributed by atoms with E-state index in [1.807, 2.05) is 31.2 Å². The molecule has 0 saturated carbocycles. The molecule has 0 aliphatic carbocycles. The summed E-state index contributed by atoms with van der Waals surface area (Å²) in [6, 6.07) is 8.13. The van der Waals surface area contributed by atoms with Crippen molar-refractivity contribution in [3.05, 3.63) is 90.3 Å². The summed E-state index contributed by atoms with van der Waals surface area (Å²) in [4.78, 5) is 0. The van der Waals surface area contributed by atoms with Crippen LogP contribution in [0.5, 0.6) is 0 Å². The Kier molecular flexibility index (Phi) is 6.07. The second-order valence-corrected chi connectivity index (χ2v) is 4.29. The van der Waals surface area contributed by atoms with Gasteiger partial charge in [0.15, 0.2) is 0 Å². The Morgan fingerprint density at radius 1 is 1.35 bits per heavy atom. The van der Waals surface area contributed by atoms with E-state index in [9.17, 15) is 0 Å². The number of benzene rings is 1. The van der Waals surface area contributed by atoms with Crippen LogP contribution in [0.15, 0.2) is 79.2 Å². The van der Waals surface area contributed by atoms with Crippen molar-refractivity contribution in [1.82, 2.24) is 5.43 Å². The summed E-state index contributed by atoms with van der Waals surface area (Å²) >= 11 is 0. The van der Waals surface area contributed by atoms with E-state index in [1.165, 1.54) is 11.8 Å². The van der Waals surface area contributed by atoms with Crippen LogP contribution in [0.3, 0.4) is 0 Å². The molecule has 0 heterocycles. The van der Waals surface area contributed by atoms with E-state index in [4.69, 9.17) is 11.6 Å². The topological polar surface area (TPSA) is 64.1 Å². The number of hydrogen-bond donors (Lipinski definition) is 3. The van der Waals surface area contributed by atoms with Crippen LogP contribution in [0.4, 0.5) is 0 Å². The molecule has 1 aromatic rings. The highest BCUT2D eigenvalue weighted by Gasteiger charge is 2.09. The highest BCUT2D eigenvalue weighted by molar-refractivity contribution is 5.83. The van der Waals surface area contributed by atoms with Gasteiger partial charge in [0.1, 0.15) is 0 Å². The molecule has 0 saturated heterocycles. The number of aryl methyl sites for hydroxylation is 1. The van der Waals surface area contributed by atoms with Crippen LogP contribution in [0, 0.1) is 6.92 Å². The molecule has 5 N–H and O–H groups in total. The lowest BCUT2D eigenvalue weighted by molar-refractivity contribution is 0.960. The molecule has 3 heteroatoms. The molecule has 0 aliphatic heterocycles. The molecule has 0 aromatic heterocycles. The SMILES string of the molecule is C=C/C=C(\C=C/N)C(=C/NN)/C(=C)c1cccc(C)c1. The minimum atomic E-state index is 0.859. The second-order valence-electron chi connectivity index (χ2n) is 4.29. The highest BCUT2D eigenvalue weighted by atomic mass is 15.2. The van der Waals surface area contributed by atoms with Crippen LogP contribution in [-0.2, 0) is 0 Å². The monoisotopic (exact) mass is 267 g/mol. The van der Waals surface area contributed by atoms with E-state index in [0.717, 1.165) is 22.3 Å². The van der Waals surface area contributed by atoms with Crippen LogP contribution < -0.4 is 17.0 Å². The smallest absolute Gasteiger partial charge is 0.0207 e. The molecule has 3 nitrogen and oxygen atoms in total. The fraction of sp³-hybridized carbons (Fsp3) is 0.0588. The molecule has 20 heavy (non-hydrogen) atoms. The molecular formula is C17H21N3. The fourth-order valence-electron chi connectivity index (χ4n) is 1.88. The minimum absolute atomic E-state index is 0.859. The number of nitrogens with two attached hydrogens (primary N) is 2. The molecule has 0 amide bonds. The van der Waals surface area contributed by atoms with Crippen LogP contribution in [0.1, 0.15) is 11.1 Å². The maximum absolute atomic E-state index is 5.49. The molecule has 0 aliphatic rings. The Morgan fingerprint density at radius 3 is 2.65 bits per heavy atom. The van der Waals surface area contributed by atoms with Crippen molar-refractivity contribution in [3.8, 4) is 0 Å². The van der Waals surface area contributed by atoms with E-state index >= 15 is 0 Å². The van der Waals surface area contributed by atoms with Gasteiger partial charge in [-0.15, -0.1) is 0 Å². The summed E-state index contributed by atoms with van der Waals surface area (Å²) in [6.45, 7) is 9.91. The van der Waals surface area contributed by atoms with Gasteiger partial charge in [0.05, 0.1) is 0 Å². The van der Waals surface area contributed by atoms with Gasteiger partial charge in [-0.2, -0.15) is 0 Å². The Bertz CT molecular complexity index is 578. The van der Waals surface area contributed by atoms with E-state index in [0.29, 0.717) is 0 Å². The van der Waals surface area contributed by atoms with Crippen LogP contribution in [-0.4, -0.2) is 0 Å². The third-order valence-corrected chi connectivity index (χ3v) is 2.80. The minimum Gasteiger partial charge on any atom is -0.405 e. The molecule has 0 unspecified atom stereocenters. The highest BCUT2D eigenvalue weighted by Crippen LogP contribution is 2.27.